The normalized spacial score (nSPS) is 11.0. The molecule has 0 saturated heterocycles. The van der Waals surface area contributed by atoms with E-state index in [-0.39, 0.29) is 12.6 Å². The van der Waals surface area contributed by atoms with Crippen LogP contribution in [0.15, 0.2) is 0 Å². The van der Waals surface area contributed by atoms with Crippen molar-refractivity contribution in [2.75, 3.05) is 13.2 Å². The average Bonchev–Trinajstić information content (AvgIpc) is 2.64. The summed E-state index contributed by atoms with van der Waals surface area (Å²) in [5.74, 6) is -0.0521. The molecule has 0 amide bonds. The maximum atomic E-state index is 11.5. The molecule has 0 aromatic heterocycles. The number of hydrogen-bond acceptors (Lipinski definition) is 3. The Labute approximate surface area is 163 Å². The molecule has 26 heavy (non-hydrogen) atoms. The molecule has 156 valence electrons. The summed E-state index contributed by atoms with van der Waals surface area (Å²) in [6.45, 7) is 3.02. The van der Waals surface area contributed by atoms with Crippen LogP contribution < -0.4 is 0 Å². The molecule has 0 unspecified atom stereocenters. The van der Waals surface area contributed by atoms with Crippen molar-refractivity contribution in [2.24, 2.45) is 0 Å². The number of ether oxygens (including phenoxy) is 1. The van der Waals surface area contributed by atoms with Crippen LogP contribution in [0.4, 0.5) is 0 Å². The number of rotatable bonds is 21. The second-order valence-corrected chi connectivity index (χ2v) is 7.70. The van der Waals surface area contributed by atoms with Crippen molar-refractivity contribution in [1.29, 1.82) is 0 Å². The molecule has 0 aromatic rings. The van der Waals surface area contributed by atoms with Gasteiger partial charge in [0.2, 0.25) is 0 Å². The monoisotopic (exact) mass is 370 g/mol. The van der Waals surface area contributed by atoms with E-state index in [0.29, 0.717) is 13.0 Å². The van der Waals surface area contributed by atoms with Crippen LogP contribution in [0.5, 0.6) is 0 Å². The maximum Gasteiger partial charge on any atom is 0.305 e. The minimum absolute atomic E-state index is 0.0521. The summed E-state index contributed by atoms with van der Waals surface area (Å²) >= 11 is 0. The van der Waals surface area contributed by atoms with E-state index in [0.717, 1.165) is 32.1 Å². The van der Waals surface area contributed by atoms with Crippen molar-refractivity contribution in [2.45, 2.75) is 129 Å². The molecule has 0 radical (unpaired) electrons. The lowest BCUT2D eigenvalue weighted by Crippen LogP contribution is -2.05. The van der Waals surface area contributed by atoms with Crippen LogP contribution in [0.2, 0.25) is 0 Å². The summed E-state index contributed by atoms with van der Waals surface area (Å²) in [6, 6.07) is 0. The fraction of sp³-hybridized carbons (Fsp3) is 0.957. The minimum Gasteiger partial charge on any atom is -0.466 e. The standard InChI is InChI=1S/C23H46O3/c1-2-3-4-5-6-7-8-9-10-11-12-13-14-15-17-20-23(25)26-22-19-16-18-21-24/h24H,2-22H2,1H3. The van der Waals surface area contributed by atoms with E-state index in [1.807, 2.05) is 0 Å². The van der Waals surface area contributed by atoms with Gasteiger partial charge >= 0.3 is 5.97 Å². The highest BCUT2D eigenvalue weighted by Gasteiger charge is 2.02. The molecule has 0 spiro atoms. The summed E-state index contributed by atoms with van der Waals surface area (Å²) in [5, 5.41) is 8.67. The molecular formula is C23H46O3. The number of esters is 1. The first-order chi connectivity index (χ1) is 12.8. The van der Waals surface area contributed by atoms with Crippen LogP contribution >= 0.6 is 0 Å². The van der Waals surface area contributed by atoms with Crippen LogP contribution in [-0.4, -0.2) is 24.3 Å². The molecule has 3 heteroatoms. The highest BCUT2D eigenvalue weighted by atomic mass is 16.5. The SMILES string of the molecule is CCCCCCCCCCCCCCCCCC(=O)OCCCCCO. The van der Waals surface area contributed by atoms with Gasteiger partial charge in [-0.1, -0.05) is 96.8 Å². The van der Waals surface area contributed by atoms with Gasteiger partial charge in [-0.3, -0.25) is 4.79 Å². The van der Waals surface area contributed by atoms with Crippen molar-refractivity contribution in [3.05, 3.63) is 0 Å². The molecular weight excluding hydrogens is 324 g/mol. The fourth-order valence-corrected chi connectivity index (χ4v) is 3.29. The van der Waals surface area contributed by atoms with Crippen LogP contribution in [0.1, 0.15) is 129 Å². The molecule has 0 heterocycles. The van der Waals surface area contributed by atoms with Crippen molar-refractivity contribution in [1.82, 2.24) is 0 Å². The van der Waals surface area contributed by atoms with E-state index in [1.54, 1.807) is 0 Å². The summed E-state index contributed by atoms with van der Waals surface area (Å²) in [4.78, 5) is 11.5. The van der Waals surface area contributed by atoms with Gasteiger partial charge < -0.3 is 9.84 Å². The largest absolute Gasteiger partial charge is 0.466 e. The Morgan fingerprint density at radius 3 is 1.50 bits per heavy atom. The zero-order chi connectivity index (χ0) is 19.1. The predicted molar refractivity (Wildman–Crippen MR) is 111 cm³/mol. The topological polar surface area (TPSA) is 46.5 Å². The van der Waals surface area contributed by atoms with Crippen molar-refractivity contribution in [3.63, 3.8) is 0 Å². The quantitative estimate of drug-likeness (QED) is 0.175. The number of carbonyl (C=O) groups is 1. The van der Waals surface area contributed by atoms with E-state index in [2.05, 4.69) is 6.92 Å². The average molecular weight is 371 g/mol. The van der Waals surface area contributed by atoms with Gasteiger partial charge in [0.1, 0.15) is 0 Å². The van der Waals surface area contributed by atoms with E-state index in [4.69, 9.17) is 9.84 Å². The first-order valence-corrected chi connectivity index (χ1v) is 11.6. The maximum absolute atomic E-state index is 11.5. The number of carbonyl (C=O) groups excluding carboxylic acids is 1. The summed E-state index contributed by atoms with van der Waals surface area (Å²) < 4.78 is 5.19. The highest BCUT2D eigenvalue weighted by molar-refractivity contribution is 5.69. The van der Waals surface area contributed by atoms with E-state index >= 15 is 0 Å². The molecule has 0 aliphatic carbocycles. The third kappa shape index (κ3) is 21.5. The van der Waals surface area contributed by atoms with Crippen molar-refractivity contribution < 1.29 is 14.6 Å². The lowest BCUT2D eigenvalue weighted by Gasteiger charge is -2.05. The minimum atomic E-state index is -0.0521. The third-order valence-electron chi connectivity index (χ3n) is 5.05. The van der Waals surface area contributed by atoms with Crippen LogP contribution in [0, 0.1) is 0 Å². The second kappa shape index (κ2) is 22.5. The number of aliphatic hydroxyl groups excluding tert-OH is 1. The smallest absolute Gasteiger partial charge is 0.305 e. The van der Waals surface area contributed by atoms with Gasteiger partial charge in [0.25, 0.3) is 0 Å². The van der Waals surface area contributed by atoms with Gasteiger partial charge in [0.15, 0.2) is 0 Å². The van der Waals surface area contributed by atoms with Crippen LogP contribution in [0.25, 0.3) is 0 Å². The third-order valence-corrected chi connectivity index (χ3v) is 5.05. The van der Waals surface area contributed by atoms with E-state index in [9.17, 15) is 4.79 Å². The Hall–Kier alpha value is -0.570. The Morgan fingerprint density at radius 2 is 1.04 bits per heavy atom. The Morgan fingerprint density at radius 1 is 0.615 bits per heavy atom. The van der Waals surface area contributed by atoms with E-state index < -0.39 is 0 Å². The molecule has 3 nitrogen and oxygen atoms in total. The van der Waals surface area contributed by atoms with Crippen LogP contribution in [0.3, 0.4) is 0 Å². The number of unbranched alkanes of at least 4 members (excludes halogenated alkanes) is 16. The van der Waals surface area contributed by atoms with Crippen molar-refractivity contribution >= 4 is 5.97 Å². The molecule has 0 atom stereocenters. The molecule has 0 aliphatic rings. The molecule has 0 bridgehead atoms. The molecule has 0 saturated carbocycles. The fourth-order valence-electron chi connectivity index (χ4n) is 3.29. The lowest BCUT2D eigenvalue weighted by atomic mass is 10.0. The predicted octanol–water partition coefficient (Wildman–Crippen LogP) is 6.95. The van der Waals surface area contributed by atoms with Gasteiger partial charge in [-0.05, 0) is 25.7 Å². The Kier molecular flexibility index (Phi) is 22.0. The zero-order valence-corrected chi connectivity index (χ0v) is 17.6. The molecule has 0 aromatic carbocycles. The van der Waals surface area contributed by atoms with E-state index in [1.165, 1.54) is 83.5 Å². The van der Waals surface area contributed by atoms with Gasteiger partial charge in [0, 0.05) is 13.0 Å². The number of aliphatic hydroxyl groups is 1. The first kappa shape index (κ1) is 25.4. The van der Waals surface area contributed by atoms with Gasteiger partial charge in [-0.2, -0.15) is 0 Å². The van der Waals surface area contributed by atoms with Gasteiger partial charge in [-0.15, -0.1) is 0 Å². The molecule has 0 aliphatic heterocycles. The molecule has 0 fully saturated rings. The van der Waals surface area contributed by atoms with Gasteiger partial charge in [-0.25, -0.2) is 0 Å². The van der Waals surface area contributed by atoms with Gasteiger partial charge in [0.05, 0.1) is 6.61 Å². The Balaban J connectivity index is 3.09. The highest BCUT2D eigenvalue weighted by Crippen LogP contribution is 2.13. The molecule has 1 N–H and O–H groups in total. The number of hydrogen-bond donors (Lipinski definition) is 1. The second-order valence-electron chi connectivity index (χ2n) is 7.70. The summed E-state index contributed by atoms with van der Waals surface area (Å²) in [5.41, 5.74) is 0. The summed E-state index contributed by atoms with van der Waals surface area (Å²) in [6.07, 6.45) is 23.3. The lowest BCUT2D eigenvalue weighted by molar-refractivity contribution is -0.143. The summed E-state index contributed by atoms with van der Waals surface area (Å²) in [7, 11) is 0. The van der Waals surface area contributed by atoms with Crippen molar-refractivity contribution in [3.8, 4) is 0 Å². The zero-order valence-electron chi connectivity index (χ0n) is 17.6. The molecule has 0 rings (SSSR count). The van der Waals surface area contributed by atoms with Crippen LogP contribution in [-0.2, 0) is 9.53 Å². The first-order valence-electron chi connectivity index (χ1n) is 11.6. The Bertz CT molecular complexity index is 279.